The van der Waals surface area contributed by atoms with Crippen LogP contribution in [0, 0.1) is 17.1 Å². The molecular weight excluding hydrogens is 431 g/mol. The quantitative estimate of drug-likeness (QED) is 0.484. The number of aromatic nitrogens is 3. The molecule has 1 unspecified atom stereocenters. The lowest BCUT2D eigenvalue weighted by molar-refractivity contribution is 0.0519. The molecule has 2 aromatic rings. The monoisotopic (exact) mass is 454 g/mol. The van der Waals surface area contributed by atoms with Crippen LogP contribution in [-0.4, -0.2) is 59.4 Å². The standard InChI is InChI=1S/C22H23FN6O4/c1-2-32-21(30)19-14-28(26-25-19)12-17-13-29(22(31)33-17)16-3-4-20(18(23)11-16)27-9-6-15(5-8-24)7-10-27/h3-5,11,14,17H,2,6-7,9-10,12-13H2,1H3. The summed E-state index contributed by atoms with van der Waals surface area (Å²) in [6, 6.07) is 6.72. The van der Waals surface area contributed by atoms with Gasteiger partial charge in [0.15, 0.2) is 5.69 Å². The van der Waals surface area contributed by atoms with E-state index in [9.17, 15) is 14.0 Å². The molecule has 0 spiro atoms. The Morgan fingerprint density at radius 3 is 2.88 bits per heavy atom. The van der Waals surface area contributed by atoms with Crippen molar-refractivity contribution < 1.29 is 23.5 Å². The van der Waals surface area contributed by atoms with Crippen LogP contribution in [0.2, 0.25) is 0 Å². The van der Waals surface area contributed by atoms with E-state index in [0.717, 1.165) is 18.4 Å². The van der Waals surface area contributed by atoms with Gasteiger partial charge in [-0.25, -0.2) is 18.7 Å². The lowest BCUT2D eigenvalue weighted by Crippen LogP contribution is -2.31. The van der Waals surface area contributed by atoms with E-state index in [2.05, 4.69) is 10.3 Å². The van der Waals surface area contributed by atoms with E-state index in [1.54, 1.807) is 25.1 Å². The third kappa shape index (κ3) is 4.95. The highest BCUT2D eigenvalue weighted by molar-refractivity contribution is 5.90. The van der Waals surface area contributed by atoms with Crippen LogP contribution in [0.25, 0.3) is 0 Å². The molecule has 2 aliphatic rings. The van der Waals surface area contributed by atoms with Gasteiger partial charge in [-0.3, -0.25) is 4.90 Å². The number of nitrogens with zero attached hydrogens (tertiary/aromatic N) is 6. The maximum absolute atomic E-state index is 14.9. The van der Waals surface area contributed by atoms with Gasteiger partial charge in [-0.1, -0.05) is 10.8 Å². The van der Waals surface area contributed by atoms with Crippen LogP contribution >= 0.6 is 0 Å². The molecule has 0 bridgehead atoms. The van der Waals surface area contributed by atoms with Gasteiger partial charge in [0.2, 0.25) is 0 Å². The van der Waals surface area contributed by atoms with E-state index in [1.165, 1.54) is 21.8 Å². The Balaban J connectivity index is 1.39. The largest absolute Gasteiger partial charge is 0.461 e. The van der Waals surface area contributed by atoms with Crippen molar-refractivity contribution >= 4 is 23.4 Å². The lowest BCUT2D eigenvalue weighted by atomic mass is 10.0. The third-order valence-corrected chi connectivity index (χ3v) is 5.55. The molecule has 33 heavy (non-hydrogen) atoms. The number of hydrogen-bond donors (Lipinski definition) is 0. The van der Waals surface area contributed by atoms with Crippen molar-refractivity contribution in [2.45, 2.75) is 32.4 Å². The van der Waals surface area contributed by atoms with Gasteiger partial charge in [-0.15, -0.1) is 5.10 Å². The highest BCUT2D eigenvalue weighted by Crippen LogP contribution is 2.30. The number of cyclic esters (lactones) is 1. The van der Waals surface area contributed by atoms with Crippen LogP contribution in [-0.2, 0) is 16.0 Å². The third-order valence-electron chi connectivity index (χ3n) is 5.55. The number of hydrogen-bond acceptors (Lipinski definition) is 8. The first-order chi connectivity index (χ1) is 16.0. The van der Waals surface area contributed by atoms with E-state index >= 15 is 0 Å². The second kappa shape index (κ2) is 9.68. The van der Waals surface area contributed by atoms with Gasteiger partial charge in [-0.2, -0.15) is 5.26 Å². The highest BCUT2D eigenvalue weighted by atomic mass is 19.1. The van der Waals surface area contributed by atoms with Gasteiger partial charge in [0.05, 0.1) is 43.3 Å². The molecule has 1 aromatic carbocycles. The molecule has 1 aromatic heterocycles. The Hall–Kier alpha value is -3.94. The number of carbonyl (C=O) groups excluding carboxylic acids is 2. The van der Waals surface area contributed by atoms with Crippen molar-refractivity contribution in [1.82, 2.24) is 15.0 Å². The average Bonchev–Trinajstić information content (AvgIpc) is 3.41. The summed E-state index contributed by atoms with van der Waals surface area (Å²) in [5.41, 5.74) is 2.01. The molecule has 0 N–H and O–H groups in total. The summed E-state index contributed by atoms with van der Waals surface area (Å²) >= 11 is 0. The molecule has 2 aliphatic heterocycles. The van der Waals surface area contributed by atoms with Gasteiger partial charge in [-0.05, 0) is 38.0 Å². The number of esters is 1. The number of carbonyl (C=O) groups is 2. The zero-order chi connectivity index (χ0) is 23.4. The number of ether oxygens (including phenoxy) is 2. The number of halogens is 1. The fourth-order valence-corrected chi connectivity index (χ4v) is 3.91. The van der Waals surface area contributed by atoms with Crippen molar-refractivity contribution in [1.29, 1.82) is 5.26 Å². The Morgan fingerprint density at radius 1 is 1.39 bits per heavy atom. The van der Waals surface area contributed by atoms with Gasteiger partial charge >= 0.3 is 12.1 Å². The van der Waals surface area contributed by atoms with E-state index in [0.29, 0.717) is 24.5 Å². The number of allylic oxidation sites excluding steroid dienone is 1. The molecule has 1 amide bonds. The van der Waals surface area contributed by atoms with Crippen molar-refractivity contribution in [2.24, 2.45) is 0 Å². The van der Waals surface area contributed by atoms with E-state index in [-0.39, 0.29) is 25.4 Å². The Kier molecular flexibility index (Phi) is 6.53. The van der Waals surface area contributed by atoms with E-state index in [1.807, 2.05) is 11.0 Å². The predicted molar refractivity (Wildman–Crippen MR) is 115 cm³/mol. The topological polar surface area (TPSA) is 114 Å². The van der Waals surface area contributed by atoms with Crippen LogP contribution in [0.5, 0.6) is 0 Å². The van der Waals surface area contributed by atoms with Gasteiger partial charge in [0.1, 0.15) is 11.9 Å². The summed E-state index contributed by atoms with van der Waals surface area (Å²) in [5.74, 6) is -0.998. The van der Waals surface area contributed by atoms with Crippen LogP contribution in [0.15, 0.2) is 36.0 Å². The molecular formula is C22H23FN6O4. The second-order valence-corrected chi connectivity index (χ2v) is 7.72. The number of nitriles is 1. The van der Waals surface area contributed by atoms with Crippen LogP contribution in [0.1, 0.15) is 30.3 Å². The molecule has 2 fully saturated rings. The molecule has 172 valence electrons. The molecule has 10 nitrogen and oxygen atoms in total. The predicted octanol–water partition coefficient (Wildman–Crippen LogP) is 2.67. The lowest BCUT2D eigenvalue weighted by Gasteiger charge is -2.30. The fraction of sp³-hybridized carbons (Fsp3) is 0.409. The van der Waals surface area contributed by atoms with Crippen LogP contribution < -0.4 is 9.80 Å². The summed E-state index contributed by atoms with van der Waals surface area (Å²) in [6.07, 6.45) is 3.30. The smallest absolute Gasteiger partial charge is 0.414 e. The SMILES string of the molecule is CCOC(=O)c1cn(CC2CN(c3ccc(N4CCC(=CC#N)CC4)c(F)c3)C(=O)O2)nn1. The molecule has 4 rings (SSSR count). The molecule has 0 aliphatic carbocycles. The second-order valence-electron chi connectivity index (χ2n) is 7.72. The first kappa shape index (κ1) is 22.3. The summed E-state index contributed by atoms with van der Waals surface area (Å²) in [6.45, 7) is 3.58. The normalized spacial score (nSPS) is 18.2. The Bertz CT molecular complexity index is 1110. The van der Waals surface area contributed by atoms with Gasteiger partial charge < -0.3 is 14.4 Å². The van der Waals surface area contributed by atoms with Crippen molar-refractivity contribution in [3.05, 3.63) is 47.6 Å². The number of piperidine rings is 1. The van der Waals surface area contributed by atoms with Crippen LogP contribution in [0.3, 0.4) is 0 Å². The minimum Gasteiger partial charge on any atom is -0.461 e. The number of anilines is 2. The Morgan fingerprint density at radius 2 is 2.18 bits per heavy atom. The minimum atomic E-state index is -0.581. The molecule has 2 saturated heterocycles. The summed E-state index contributed by atoms with van der Waals surface area (Å²) in [4.78, 5) is 27.4. The molecule has 0 saturated carbocycles. The molecule has 1 atom stereocenters. The summed E-state index contributed by atoms with van der Waals surface area (Å²) < 4.78 is 26.6. The molecule has 11 heteroatoms. The first-order valence-electron chi connectivity index (χ1n) is 10.7. The first-order valence-corrected chi connectivity index (χ1v) is 10.7. The van der Waals surface area contributed by atoms with Crippen molar-refractivity contribution in [2.75, 3.05) is 36.0 Å². The minimum absolute atomic E-state index is 0.0728. The maximum Gasteiger partial charge on any atom is 0.414 e. The zero-order valence-electron chi connectivity index (χ0n) is 18.1. The van der Waals surface area contributed by atoms with E-state index < -0.39 is 24.0 Å². The maximum atomic E-state index is 14.9. The highest BCUT2D eigenvalue weighted by Gasteiger charge is 2.33. The van der Waals surface area contributed by atoms with E-state index in [4.69, 9.17) is 14.7 Å². The van der Waals surface area contributed by atoms with Crippen LogP contribution in [0.4, 0.5) is 20.6 Å². The number of amides is 1. The van der Waals surface area contributed by atoms with Crippen molar-refractivity contribution in [3.63, 3.8) is 0 Å². The summed E-state index contributed by atoms with van der Waals surface area (Å²) in [7, 11) is 0. The molecule has 3 heterocycles. The molecule has 0 radical (unpaired) electrons. The summed E-state index contributed by atoms with van der Waals surface area (Å²) in [5, 5.41) is 16.4. The van der Waals surface area contributed by atoms with Gasteiger partial charge in [0.25, 0.3) is 0 Å². The van der Waals surface area contributed by atoms with Crippen molar-refractivity contribution in [3.8, 4) is 6.07 Å². The number of benzene rings is 1. The zero-order valence-corrected chi connectivity index (χ0v) is 18.1. The average molecular weight is 454 g/mol. The fourth-order valence-electron chi connectivity index (χ4n) is 3.91. The van der Waals surface area contributed by atoms with Gasteiger partial charge in [0, 0.05) is 19.2 Å². The number of rotatable bonds is 6. The Labute approximate surface area is 189 Å².